The van der Waals surface area contributed by atoms with Crippen LogP contribution in [0.1, 0.15) is 155 Å². The molecule has 2 spiro atoms. The first-order valence-electron chi connectivity index (χ1n) is 29.8. The molecule has 0 amide bonds. The molecule has 5 aliphatic rings. The van der Waals surface area contributed by atoms with Crippen LogP contribution in [0.5, 0.6) is 11.5 Å². The molecule has 83 heavy (non-hydrogen) atoms. The fourth-order valence-corrected chi connectivity index (χ4v) is 16.6. The summed E-state index contributed by atoms with van der Waals surface area (Å²) in [7, 11) is 0. The summed E-state index contributed by atoms with van der Waals surface area (Å²) >= 11 is 1.96. The van der Waals surface area contributed by atoms with E-state index in [9.17, 15) is 0 Å². The Balaban J connectivity index is 0.966. The average Bonchev–Trinajstić information content (AvgIpc) is 1.53. The molecule has 3 heterocycles. The first-order valence-corrected chi connectivity index (χ1v) is 30.7. The van der Waals surface area contributed by atoms with Crippen LogP contribution in [-0.4, -0.2) is 0 Å². The molecule has 16 rings (SSSR count). The molecule has 1 unspecified atom stereocenters. The van der Waals surface area contributed by atoms with Gasteiger partial charge in [0.25, 0.3) is 0 Å². The highest BCUT2D eigenvalue weighted by Gasteiger charge is 2.58. The lowest BCUT2D eigenvalue weighted by molar-refractivity contribution is 0.433. The smallest absolute Gasteiger partial charge is 0.137 e. The molecular formula is C79H69NO2S. The number of furan rings is 1. The number of benzene rings is 10. The van der Waals surface area contributed by atoms with Gasteiger partial charge in [0.05, 0.1) is 21.9 Å². The first-order chi connectivity index (χ1) is 39.6. The zero-order chi connectivity index (χ0) is 57.1. The summed E-state index contributed by atoms with van der Waals surface area (Å²) in [4.78, 5) is 5.30. The van der Waals surface area contributed by atoms with Crippen molar-refractivity contribution in [3.05, 3.63) is 260 Å². The highest BCUT2D eigenvalue weighted by molar-refractivity contribution is 7.99. The molecule has 3 nitrogen and oxygen atoms in total. The van der Waals surface area contributed by atoms with Gasteiger partial charge >= 0.3 is 0 Å². The van der Waals surface area contributed by atoms with Crippen LogP contribution in [0.15, 0.2) is 202 Å². The minimum atomic E-state index is -0.693. The topological polar surface area (TPSA) is 25.6 Å². The average molecular weight is 1100 g/mol. The zero-order valence-electron chi connectivity index (χ0n) is 49.8. The summed E-state index contributed by atoms with van der Waals surface area (Å²) in [5.74, 6) is 1.80. The second-order valence-electron chi connectivity index (χ2n) is 28.4. The van der Waals surface area contributed by atoms with Crippen LogP contribution in [0.2, 0.25) is 0 Å². The Bertz CT molecular complexity index is 4590. The number of fused-ring (bicyclic) bond motifs is 16. The van der Waals surface area contributed by atoms with E-state index in [0.29, 0.717) is 6.54 Å². The Morgan fingerprint density at radius 1 is 0.410 bits per heavy atom. The largest absolute Gasteiger partial charge is 0.457 e. The van der Waals surface area contributed by atoms with Gasteiger partial charge in [-0.15, -0.1) is 0 Å². The third-order valence-electron chi connectivity index (χ3n) is 19.4. The summed E-state index contributed by atoms with van der Waals surface area (Å²) in [6.07, 6.45) is 0. The first kappa shape index (κ1) is 50.7. The summed E-state index contributed by atoms with van der Waals surface area (Å²) in [5.41, 5.74) is 27.7. The minimum Gasteiger partial charge on any atom is -0.457 e. The molecule has 10 aromatic carbocycles. The summed E-state index contributed by atoms with van der Waals surface area (Å²) in [6, 6.07) is 72.6. The van der Waals surface area contributed by atoms with E-state index in [1.807, 2.05) is 11.8 Å². The Morgan fingerprint density at radius 2 is 0.988 bits per heavy atom. The molecule has 0 saturated carbocycles. The molecule has 0 N–H and O–H groups in total. The van der Waals surface area contributed by atoms with E-state index < -0.39 is 10.8 Å². The zero-order valence-corrected chi connectivity index (χ0v) is 50.6. The second-order valence-corrected chi connectivity index (χ2v) is 29.5. The molecule has 0 fully saturated rings. The number of anilines is 2. The fourth-order valence-electron chi connectivity index (χ4n) is 15.4. The quantitative estimate of drug-likeness (QED) is 0.175. The van der Waals surface area contributed by atoms with Gasteiger partial charge in [-0.2, -0.15) is 0 Å². The molecule has 0 bridgehead atoms. The van der Waals surface area contributed by atoms with E-state index in [2.05, 4.69) is 276 Å². The van der Waals surface area contributed by atoms with Crippen molar-refractivity contribution in [2.75, 3.05) is 4.90 Å². The van der Waals surface area contributed by atoms with Crippen molar-refractivity contribution in [1.29, 1.82) is 0 Å². The van der Waals surface area contributed by atoms with Crippen molar-refractivity contribution in [3.8, 4) is 44.9 Å². The lowest BCUT2D eigenvalue weighted by Crippen LogP contribution is -2.33. The number of para-hydroxylation sites is 1. The van der Waals surface area contributed by atoms with Crippen LogP contribution < -0.4 is 9.64 Å². The lowest BCUT2D eigenvalue weighted by atomic mass is 9.64. The third kappa shape index (κ3) is 6.88. The highest BCUT2D eigenvalue weighted by Crippen LogP contribution is 2.71. The van der Waals surface area contributed by atoms with Crippen molar-refractivity contribution in [2.45, 2.75) is 132 Å². The van der Waals surface area contributed by atoms with Crippen LogP contribution in [0, 0.1) is 0 Å². The van der Waals surface area contributed by atoms with Gasteiger partial charge in [-0.3, -0.25) is 0 Å². The Labute approximate surface area is 493 Å². The number of ether oxygens (including phenoxy) is 1. The fraction of sp³-hybridized carbons (Fsp3) is 0.241. The van der Waals surface area contributed by atoms with Crippen LogP contribution in [-0.2, 0) is 39.0 Å². The van der Waals surface area contributed by atoms with E-state index >= 15 is 0 Å². The van der Waals surface area contributed by atoms with Crippen molar-refractivity contribution in [3.63, 3.8) is 0 Å². The lowest BCUT2D eigenvalue weighted by Gasteiger charge is -2.41. The van der Waals surface area contributed by atoms with E-state index in [4.69, 9.17) is 9.15 Å². The predicted molar refractivity (Wildman–Crippen MR) is 345 cm³/mol. The molecule has 2 aliphatic heterocycles. The highest BCUT2D eigenvalue weighted by atomic mass is 32.2. The predicted octanol–water partition coefficient (Wildman–Crippen LogP) is 21.4. The van der Waals surface area contributed by atoms with Gasteiger partial charge in [-0.25, -0.2) is 0 Å². The molecular weight excluding hydrogens is 1030 g/mol. The summed E-state index contributed by atoms with van der Waals surface area (Å²) < 4.78 is 13.9. The van der Waals surface area contributed by atoms with Gasteiger partial charge in [0, 0.05) is 38.5 Å². The van der Waals surface area contributed by atoms with E-state index in [1.165, 1.54) is 115 Å². The van der Waals surface area contributed by atoms with Gasteiger partial charge < -0.3 is 14.1 Å². The van der Waals surface area contributed by atoms with Crippen LogP contribution in [0.4, 0.5) is 11.4 Å². The Hall–Kier alpha value is -8.05. The molecule has 3 aliphatic carbocycles. The van der Waals surface area contributed by atoms with E-state index in [-0.39, 0.29) is 21.7 Å². The SMILES string of the molecule is CC(C)(C)c1ccc2c(c1)C1(c3cc(C(C)(C)C)ccc3O2)c2ccccc2-c2ccc(N(Cc3ccc4c(c3)C35c6cc(C(C)(C)C)ccc6Sc6ccc(C(C)(C)C)c(c63)-c3cccc-4c35)c3cccc4oc5ccccc5c34)cc21. The van der Waals surface area contributed by atoms with Crippen molar-refractivity contribution in [2.24, 2.45) is 0 Å². The van der Waals surface area contributed by atoms with E-state index in [0.717, 1.165) is 44.8 Å². The minimum absolute atomic E-state index is 0.0376. The number of rotatable bonds is 4. The maximum absolute atomic E-state index is 7.11. The van der Waals surface area contributed by atoms with Gasteiger partial charge in [0.2, 0.25) is 0 Å². The molecule has 408 valence electrons. The molecule has 1 aromatic heterocycles. The van der Waals surface area contributed by atoms with Crippen molar-refractivity contribution >= 4 is 45.1 Å². The molecule has 4 heteroatoms. The van der Waals surface area contributed by atoms with Gasteiger partial charge in [-0.05, 0) is 183 Å². The molecule has 0 saturated heterocycles. The molecule has 1 atom stereocenters. The monoisotopic (exact) mass is 1100 g/mol. The molecule has 0 radical (unpaired) electrons. The summed E-state index contributed by atoms with van der Waals surface area (Å²) in [6.45, 7) is 28.8. The Morgan fingerprint density at radius 3 is 1.71 bits per heavy atom. The molecule has 11 aromatic rings. The normalized spacial score (nSPS) is 16.4. The number of nitrogens with zero attached hydrogens (tertiary/aromatic N) is 1. The maximum Gasteiger partial charge on any atom is 0.137 e. The van der Waals surface area contributed by atoms with Gasteiger partial charge in [-0.1, -0.05) is 216 Å². The Kier molecular flexibility index (Phi) is 10.3. The van der Waals surface area contributed by atoms with Crippen molar-refractivity contribution in [1.82, 2.24) is 0 Å². The third-order valence-corrected chi connectivity index (χ3v) is 20.5. The van der Waals surface area contributed by atoms with Crippen LogP contribution >= 0.6 is 11.8 Å². The second kappa shape index (κ2) is 16.8. The maximum atomic E-state index is 7.11. The van der Waals surface area contributed by atoms with Crippen molar-refractivity contribution < 1.29 is 9.15 Å². The van der Waals surface area contributed by atoms with Gasteiger partial charge in [0.1, 0.15) is 22.7 Å². The number of hydrogen-bond donors (Lipinski definition) is 0. The van der Waals surface area contributed by atoms with E-state index in [1.54, 1.807) is 0 Å². The number of hydrogen-bond acceptors (Lipinski definition) is 4. The van der Waals surface area contributed by atoms with Gasteiger partial charge in [0.15, 0.2) is 0 Å². The van der Waals surface area contributed by atoms with Crippen LogP contribution in [0.25, 0.3) is 55.3 Å². The standard InChI is InChI=1S/C79H69NO2S/c1-74(2,3)46-28-35-65-60(40-46)78(61-41-47(75(4,5)6)29-36-66(61)82-65)56-23-15-13-19-50(56)51-33-31-49(43-59(51)78)80(63-24-18-26-67-71(63)54-20-14-16-25-64(54)81-67)44-45-27-32-52-53-21-17-22-55-70-57(77(10,11)12)34-38-69-73(70)79(72(53)55,58(52)39-45)62-42-48(76(7,8)9)30-37-68(62)83-69/h13-43H,44H2,1-12H3. The summed E-state index contributed by atoms with van der Waals surface area (Å²) in [5, 5.41) is 2.22. The van der Waals surface area contributed by atoms with Crippen LogP contribution in [0.3, 0.4) is 0 Å².